The van der Waals surface area contributed by atoms with Gasteiger partial charge < -0.3 is 9.47 Å². The van der Waals surface area contributed by atoms with Gasteiger partial charge in [0.25, 0.3) is 11.8 Å². The van der Waals surface area contributed by atoms with Gasteiger partial charge in [-0.05, 0) is 60.3 Å². The number of nitrogens with zero attached hydrogens (tertiary/aromatic N) is 1. The maximum Gasteiger partial charge on any atom is 0.270 e. The van der Waals surface area contributed by atoms with Gasteiger partial charge in [-0.2, -0.15) is 0 Å². The van der Waals surface area contributed by atoms with Crippen molar-refractivity contribution in [3.8, 4) is 11.5 Å². The number of nitrogens with one attached hydrogen (secondary N) is 1. The molecule has 0 aliphatic carbocycles. The topological polar surface area (TPSA) is 67.9 Å². The molecule has 2 amide bonds. The Kier molecular flexibility index (Phi) is 6.77. The van der Waals surface area contributed by atoms with Crippen LogP contribution in [-0.2, 0) is 9.59 Å². The van der Waals surface area contributed by atoms with Crippen molar-refractivity contribution in [2.75, 3.05) is 18.6 Å². The molecule has 1 aliphatic heterocycles. The summed E-state index contributed by atoms with van der Waals surface area (Å²) in [6.07, 6.45) is 2.95. The maximum atomic E-state index is 13.1. The Labute approximate surface area is 188 Å². The van der Waals surface area contributed by atoms with E-state index in [1.165, 1.54) is 18.1 Å². The summed E-state index contributed by atoms with van der Waals surface area (Å²) in [7, 11) is 1.54. The van der Waals surface area contributed by atoms with E-state index in [1.54, 1.807) is 42.5 Å². The Morgan fingerprint density at radius 3 is 2.37 bits per heavy atom. The normalized spacial score (nSPS) is 15.2. The number of carbonyl (C=O) groups is 2. The summed E-state index contributed by atoms with van der Waals surface area (Å²) in [4.78, 5) is 26.7. The van der Waals surface area contributed by atoms with Crippen LogP contribution in [0.15, 0.2) is 54.6 Å². The molecule has 9 heteroatoms. The van der Waals surface area contributed by atoms with Crippen molar-refractivity contribution in [1.29, 1.82) is 0 Å². The molecule has 2 aromatic rings. The maximum absolute atomic E-state index is 13.1. The molecule has 1 heterocycles. The van der Waals surface area contributed by atoms with Gasteiger partial charge in [-0.15, -0.1) is 0 Å². The molecule has 6 nitrogen and oxygen atoms in total. The van der Waals surface area contributed by atoms with E-state index in [0.29, 0.717) is 22.7 Å². The number of methoxy groups -OCH3 is 1. The number of thiocarbonyl (C=S) groups is 1. The minimum Gasteiger partial charge on any atom is -0.497 e. The molecule has 0 radical (unpaired) electrons. The van der Waals surface area contributed by atoms with Crippen LogP contribution in [0.25, 0.3) is 6.08 Å². The van der Waals surface area contributed by atoms with Crippen molar-refractivity contribution >= 4 is 64.1 Å². The van der Waals surface area contributed by atoms with E-state index in [-0.39, 0.29) is 27.3 Å². The Morgan fingerprint density at radius 1 is 1.17 bits per heavy atom. The van der Waals surface area contributed by atoms with Crippen LogP contribution in [0.5, 0.6) is 11.5 Å². The number of benzene rings is 2. The van der Waals surface area contributed by atoms with Crippen molar-refractivity contribution in [2.24, 2.45) is 0 Å². The minimum absolute atomic E-state index is 0.0171. The molecule has 30 heavy (non-hydrogen) atoms. The van der Waals surface area contributed by atoms with Gasteiger partial charge >= 0.3 is 0 Å². The standard InChI is InChI=1S/C21H16Cl2N2O4S/c1-3-8-29-18-16(22)10-12(11-17(18)23)9-15-19(26)24-21(30)25(20(15)27)13-4-6-14(28-2)7-5-13/h3-7,9-11H,1,8H2,2H3,(H,24,26,30)/b15-9+. The average Bonchev–Trinajstić information content (AvgIpc) is 2.71. The van der Waals surface area contributed by atoms with Crippen LogP contribution < -0.4 is 19.7 Å². The zero-order valence-electron chi connectivity index (χ0n) is 15.8. The van der Waals surface area contributed by atoms with Gasteiger partial charge in [-0.3, -0.25) is 19.8 Å². The molecule has 1 saturated heterocycles. The fraction of sp³-hybridized carbons (Fsp3) is 0.0952. The molecule has 0 atom stereocenters. The van der Waals surface area contributed by atoms with Crippen molar-refractivity contribution in [3.63, 3.8) is 0 Å². The average molecular weight is 463 g/mol. The minimum atomic E-state index is -0.617. The van der Waals surface area contributed by atoms with Crippen LogP contribution in [-0.4, -0.2) is 30.6 Å². The summed E-state index contributed by atoms with van der Waals surface area (Å²) in [6, 6.07) is 9.79. The van der Waals surface area contributed by atoms with Crippen molar-refractivity contribution < 1.29 is 19.1 Å². The molecular formula is C21H16Cl2N2O4S. The van der Waals surface area contributed by atoms with Gasteiger partial charge in [-0.1, -0.05) is 35.9 Å². The fourth-order valence-corrected chi connectivity index (χ4v) is 3.63. The second-order valence-electron chi connectivity index (χ2n) is 6.07. The van der Waals surface area contributed by atoms with Crippen LogP contribution in [0.4, 0.5) is 5.69 Å². The molecule has 0 unspecified atom stereocenters. The molecule has 0 spiro atoms. The van der Waals surface area contributed by atoms with Gasteiger partial charge in [0.1, 0.15) is 17.9 Å². The number of ether oxygens (including phenoxy) is 2. The zero-order valence-corrected chi connectivity index (χ0v) is 18.1. The quantitative estimate of drug-likeness (QED) is 0.298. The molecule has 1 N–H and O–H groups in total. The van der Waals surface area contributed by atoms with E-state index in [9.17, 15) is 9.59 Å². The first-order valence-electron chi connectivity index (χ1n) is 8.64. The zero-order chi connectivity index (χ0) is 21.8. The summed E-state index contributed by atoms with van der Waals surface area (Å²) < 4.78 is 10.6. The first-order chi connectivity index (χ1) is 14.3. The SMILES string of the molecule is C=CCOc1c(Cl)cc(/C=C2\C(=O)NC(=S)N(c3ccc(OC)cc3)C2=O)cc1Cl. The van der Waals surface area contributed by atoms with Gasteiger partial charge in [-0.25, -0.2) is 0 Å². The molecule has 2 aromatic carbocycles. The largest absolute Gasteiger partial charge is 0.497 e. The highest BCUT2D eigenvalue weighted by molar-refractivity contribution is 7.80. The third-order valence-electron chi connectivity index (χ3n) is 4.11. The Hall–Kier alpha value is -2.87. The molecule has 0 aromatic heterocycles. The monoisotopic (exact) mass is 462 g/mol. The van der Waals surface area contributed by atoms with Gasteiger partial charge in [0, 0.05) is 0 Å². The number of halogens is 2. The molecular weight excluding hydrogens is 447 g/mol. The molecule has 3 rings (SSSR count). The lowest BCUT2D eigenvalue weighted by atomic mass is 10.1. The summed E-state index contributed by atoms with van der Waals surface area (Å²) in [5.41, 5.74) is 0.823. The summed E-state index contributed by atoms with van der Waals surface area (Å²) >= 11 is 17.7. The highest BCUT2D eigenvalue weighted by Gasteiger charge is 2.34. The summed E-state index contributed by atoms with van der Waals surface area (Å²) in [6.45, 7) is 3.80. The first-order valence-corrected chi connectivity index (χ1v) is 9.80. The van der Waals surface area contributed by atoms with E-state index in [1.807, 2.05) is 0 Å². The van der Waals surface area contributed by atoms with Crippen LogP contribution in [0, 0.1) is 0 Å². The second kappa shape index (κ2) is 9.30. The van der Waals surface area contributed by atoms with E-state index < -0.39 is 11.8 Å². The Morgan fingerprint density at radius 2 is 1.80 bits per heavy atom. The van der Waals surface area contributed by atoms with E-state index in [0.717, 1.165) is 0 Å². The molecule has 0 bridgehead atoms. The summed E-state index contributed by atoms with van der Waals surface area (Å²) in [5, 5.41) is 2.98. The van der Waals surface area contributed by atoms with Crippen molar-refractivity contribution in [1.82, 2.24) is 5.32 Å². The lowest BCUT2D eigenvalue weighted by molar-refractivity contribution is -0.122. The van der Waals surface area contributed by atoms with Crippen molar-refractivity contribution in [3.05, 3.63) is 70.2 Å². The number of hydrogen-bond donors (Lipinski definition) is 1. The first kappa shape index (κ1) is 21.8. The predicted octanol–water partition coefficient (Wildman–Crippen LogP) is 4.40. The van der Waals surface area contributed by atoms with Crippen LogP contribution in [0.2, 0.25) is 10.0 Å². The molecule has 154 valence electrons. The number of rotatable bonds is 6. The Balaban J connectivity index is 1.97. The molecule has 0 saturated carbocycles. The lowest BCUT2D eigenvalue weighted by Gasteiger charge is -2.29. The lowest BCUT2D eigenvalue weighted by Crippen LogP contribution is -2.54. The number of anilines is 1. The van der Waals surface area contributed by atoms with Gasteiger partial charge in [0.2, 0.25) is 0 Å². The summed E-state index contributed by atoms with van der Waals surface area (Å²) in [5.74, 6) is -0.278. The van der Waals surface area contributed by atoms with E-state index >= 15 is 0 Å². The van der Waals surface area contributed by atoms with Crippen LogP contribution in [0.3, 0.4) is 0 Å². The number of amides is 2. The highest BCUT2D eigenvalue weighted by Crippen LogP contribution is 2.35. The van der Waals surface area contributed by atoms with Gasteiger partial charge in [0.15, 0.2) is 10.9 Å². The van der Waals surface area contributed by atoms with Crippen molar-refractivity contribution in [2.45, 2.75) is 0 Å². The van der Waals surface area contributed by atoms with Crippen LogP contribution >= 0.6 is 35.4 Å². The van der Waals surface area contributed by atoms with Crippen LogP contribution in [0.1, 0.15) is 5.56 Å². The Bertz CT molecular complexity index is 1040. The third kappa shape index (κ3) is 4.48. The fourth-order valence-electron chi connectivity index (χ4n) is 2.73. The molecule has 1 fully saturated rings. The number of hydrogen-bond acceptors (Lipinski definition) is 5. The van der Waals surface area contributed by atoms with E-state index in [2.05, 4.69) is 11.9 Å². The molecule has 1 aliphatic rings. The second-order valence-corrected chi connectivity index (χ2v) is 7.27. The predicted molar refractivity (Wildman–Crippen MR) is 121 cm³/mol. The highest BCUT2D eigenvalue weighted by atomic mass is 35.5. The van der Waals surface area contributed by atoms with Gasteiger partial charge in [0.05, 0.1) is 22.8 Å². The van der Waals surface area contributed by atoms with E-state index in [4.69, 9.17) is 44.9 Å². The number of carbonyl (C=O) groups excluding carboxylic acids is 2. The smallest absolute Gasteiger partial charge is 0.270 e. The third-order valence-corrected chi connectivity index (χ3v) is 4.96.